The molecule has 116 valence electrons. The number of fused-ring (bicyclic) bond motifs is 1. The quantitative estimate of drug-likeness (QED) is 0.802. The number of hydrogen-bond donors (Lipinski definition) is 2. The van der Waals surface area contributed by atoms with Gasteiger partial charge in [0, 0.05) is 26.7 Å². The highest BCUT2D eigenvalue weighted by Gasteiger charge is 2.27. The monoisotopic (exact) mass is 331 g/mol. The minimum atomic E-state index is -3.76. The van der Waals surface area contributed by atoms with Gasteiger partial charge in [-0.25, -0.2) is 13.1 Å². The second-order valence-electron chi connectivity index (χ2n) is 4.95. The third-order valence-electron chi connectivity index (χ3n) is 3.03. The fourth-order valence-corrected chi connectivity index (χ4v) is 3.66. The standard InChI is InChI=1S/C12H17N3O4S2/c1-12(16,6-7-19-2)8-13-21(17,18)10-5-3-4-9-11(10)15-20-14-9/h3-5,13,16H,6-8H2,1-2H3. The topological polar surface area (TPSA) is 100 Å². The van der Waals surface area contributed by atoms with E-state index in [1.165, 1.54) is 13.2 Å². The Morgan fingerprint density at radius 1 is 1.43 bits per heavy atom. The summed E-state index contributed by atoms with van der Waals surface area (Å²) in [5, 5.41) is 10.1. The van der Waals surface area contributed by atoms with Crippen LogP contribution >= 0.6 is 0 Å². The van der Waals surface area contributed by atoms with Crippen molar-refractivity contribution in [2.75, 3.05) is 20.3 Å². The van der Waals surface area contributed by atoms with E-state index in [2.05, 4.69) is 13.4 Å². The summed E-state index contributed by atoms with van der Waals surface area (Å²) in [4.78, 5) is 0.0660. The molecule has 0 amide bonds. The first-order valence-electron chi connectivity index (χ1n) is 6.28. The van der Waals surface area contributed by atoms with Crippen LogP contribution in [0.4, 0.5) is 11.4 Å². The van der Waals surface area contributed by atoms with Gasteiger partial charge in [-0.3, -0.25) is 0 Å². The van der Waals surface area contributed by atoms with Gasteiger partial charge >= 0.3 is 0 Å². The molecule has 1 aromatic rings. The molecule has 1 aliphatic rings. The summed E-state index contributed by atoms with van der Waals surface area (Å²) in [7, 11) is -2.24. The molecule has 21 heavy (non-hydrogen) atoms. The van der Waals surface area contributed by atoms with Crippen molar-refractivity contribution in [1.29, 1.82) is 0 Å². The van der Waals surface area contributed by atoms with E-state index in [4.69, 9.17) is 4.74 Å². The maximum absolute atomic E-state index is 12.3. The Balaban J connectivity index is 2.14. The van der Waals surface area contributed by atoms with Gasteiger partial charge in [0.25, 0.3) is 0 Å². The Morgan fingerprint density at radius 3 is 2.90 bits per heavy atom. The molecule has 1 aromatic carbocycles. The van der Waals surface area contributed by atoms with Crippen LogP contribution in [0.25, 0.3) is 0 Å². The van der Waals surface area contributed by atoms with Gasteiger partial charge in [0.1, 0.15) is 16.3 Å². The molecule has 0 aliphatic carbocycles. The van der Waals surface area contributed by atoms with Gasteiger partial charge < -0.3 is 9.84 Å². The fraction of sp³-hybridized carbons (Fsp3) is 0.500. The van der Waals surface area contributed by atoms with Crippen LogP contribution in [0.2, 0.25) is 0 Å². The van der Waals surface area contributed by atoms with Crippen LogP contribution in [0.15, 0.2) is 31.8 Å². The fourth-order valence-electron chi connectivity index (χ4n) is 1.74. The molecule has 2 rings (SSSR count). The molecule has 9 heteroatoms. The molecule has 1 atom stereocenters. The van der Waals surface area contributed by atoms with Gasteiger partial charge in [-0.15, -0.1) is 0 Å². The average Bonchev–Trinajstić information content (AvgIpc) is 2.91. The van der Waals surface area contributed by atoms with Gasteiger partial charge in [0.05, 0.1) is 17.0 Å². The zero-order valence-corrected chi connectivity index (χ0v) is 13.4. The van der Waals surface area contributed by atoms with Crippen LogP contribution in [0.3, 0.4) is 0 Å². The molecular formula is C12H17N3O4S2. The number of aliphatic hydroxyl groups is 1. The van der Waals surface area contributed by atoms with Crippen LogP contribution in [0.1, 0.15) is 13.3 Å². The van der Waals surface area contributed by atoms with Gasteiger partial charge in [-0.1, -0.05) is 6.07 Å². The lowest BCUT2D eigenvalue weighted by molar-refractivity contribution is 0.0292. The molecule has 0 aromatic heterocycles. The summed E-state index contributed by atoms with van der Waals surface area (Å²) < 4.78 is 40.0. The second-order valence-corrected chi connectivity index (χ2v) is 7.22. The first-order valence-corrected chi connectivity index (χ1v) is 8.49. The minimum Gasteiger partial charge on any atom is -0.389 e. The molecule has 7 nitrogen and oxygen atoms in total. The molecular weight excluding hydrogens is 314 g/mol. The number of rotatable bonds is 7. The third kappa shape index (κ3) is 3.95. The zero-order valence-electron chi connectivity index (χ0n) is 11.7. The highest BCUT2D eigenvalue weighted by atomic mass is 32.2. The summed E-state index contributed by atoms with van der Waals surface area (Å²) >= 11 is 0.960. The number of benzene rings is 1. The second kappa shape index (κ2) is 6.32. The summed E-state index contributed by atoms with van der Waals surface area (Å²) in [6.45, 7) is 1.80. The Hall–Kier alpha value is -1.13. The van der Waals surface area contributed by atoms with Crippen molar-refractivity contribution >= 4 is 32.8 Å². The van der Waals surface area contributed by atoms with Crippen molar-refractivity contribution in [3.63, 3.8) is 0 Å². The molecule has 1 aliphatic heterocycles. The highest BCUT2D eigenvalue weighted by molar-refractivity contribution is 7.89. The first kappa shape index (κ1) is 16.2. The van der Waals surface area contributed by atoms with E-state index >= 15 is 0 Å². The normalized spacial score (nSPS) is 16.3. The Kier molecular flexibility index (Phi) is 4.89. The molecule has 1 heterocycles. The van der Waals surface area contributed by atoms with Crippen LogP contribution in [0.5, 0.6) is 0 Å². The van der Waals surface area contributed by atoms with E-state index < -0.39 is 15.6 Å². The van der Waals surface area contributed by atoms with E-state index in [1.54, 1.807) is 19.1 Å². The number of nitrogens with zero attached hydrogens (tertiary/aromatic N) is 2. The number of sulfonamides is 1. The highest BCUT2D eigenvalue weighted by Crippen LogP contribution is 2.37. The van der Waals surface area contributed by atoms with Gasteiger partial charge in [-0.05, 0) is 19.1 Å². The largest absolute Gasteiger partial charge is 0.389 e. The van der Waals surface area contributed by atoms with Crippen molar-refractivity contribution in [3.05, 3.63) is 18.2 Å². The zero-order chi connectivity index (χ0) is 15.5. The lowest BCUT2D eigenvalue weighted by Gasteiger charge is -2.23. The molecule has 0 saturated heterocycles. The molecule has 0 saturated carbocycles. The van der Waals surface area contributed by atoms with E-state index in [9.17, 15) is 13.5 Å². The number of methoxy groups -OCH3 is 1. The third-order valence-corrected chi connectivity index (χ3v) is 5.00. The molecule has 0 bridgehead atoms. The van der Waals surface area contributed by atoms with Crippen LogP contribution in [-0.2, 0) is 26.1 Å². The van der Waals surface area contributed by atoms with Crippen LogP contribution < -0.4 is 4.72 Å². The number of hydrogen-bond acceptors (Lipinski definition) is 6. The summed E-state index contributed by atoms with van der Waals surface area (Å²) in [5.74, 6) is 0. The van der Waals surface area contributed by atoms with E-state index in [0.717, 1.165) is 11.4 Å². The summed E-state index contributed by atoms with van der Waals surface area (Å²) in [5.41, 5.74) is -0.308. The molecule has 0 fully saturated rings. The number of ether oxygens (including phenoxy) is 1. The molecule has 1 unspecified atom stereocenters. The van der Waals surface area contributed by atoms with E-state index in [-0.39, 0.29) is 11.4 Å². The Morgan fingerprint density at radius 2 is 2.19 bits per heavy atom. The van der Waals surface area contributed by atoms with Crippen LogP contribution in [0, 0.1) is 0 Å². The predicted octanol–water partition coefficient (Wildman–Crippen LogP) is 1.48. The first-order chi connectivity index (χ1) is 9.86. The lowest BCUT2D eigenvalue weighted by Crippen LogP contribution is -2.41. The van der Waals surface area contributed by atoms with Gasteiger partial charge in [0.2, 0.25) is 10.0 Å². The molecule has 0 radical (unpaired) electrons. The SMILES string of the molecule is COCCC(C)(O)CNS(=O)(=O)c1cccc2c1N=S=N2. The van der Waals surface area contributed by atoms with Crippen LogP contribution in [-0.4, -0.2) is 39.4 Å². The minimum absolute atomic E-state index is 0.0660. The van der Waals surface area contributed by atoms with Gasteiger partial charge in [-0.2, -0.15) is 8.73 Å². The maximum Gasteiger partial charge on any atom is 0.242 e. The van der Waals surface area contributed by atoms with E-state index in [1.807, 2.05) is 0 Å². The smallest absolute Gasteiger partial charge is 0.242 e. The summed E-state index contributed by atoms with van der Waals surface area (Å²) in [6, 6.07) is 4.78. The predicted molar refractivity (Wildman–Crippen MR) is 80.3 cm³/mol. The van der Waals surface area contributed by atoms with Crippen molar-refractivity contribution < 1.29 is 18.3 Å². The van der Waals surface area contributed by atoms with Crippen molar-refractivity contribution in [2.24, 2.45) is 8.73 Å². The number of nitrogens with one attached hydrogen (secondary N) is 1. The lowest BCUT2D eigenvalue weighted by atomic mass is 10.0. The maximum atomic E-state index is 12.3. The Labute approximate surface area is 127 Å². The summed E-state index contributed by atoms with van der Waals surface area (Å²) in [6.07, 6.45) is 0.328. The van der Waals surface area contributed by atoms with Crippen molar-refractivity contribution in [2.45, 2.75) is 23.8 Å². The van der Waals surface area contributed by atoms with Gasteiger partial charge in [0.15, 0.2) is 0 Å². The average molecular weight is 331 g/mol. The van der Waals surface area contributed by atoms with E-state index in [0.29, 0.717) is 24.4 Å². The molecule has 2 N–H and O–H groups in total. The molecule has 0 spiro atoms. The van der Waals surface area contributed by atoms with Crippen molar-refractivity contribution in [3.8, 4) is 0 Å². The van der Waals surface area contributed by atoms with Crippen molar-refractivity contribution in [1.82, 2.24) is 4.72 Å². The Bertz CT molecular complexity index is 694.